The molecule has 0 unspecified atom stereocenters. The summed E-state index contributed by atoms with van der Waals surface area (Å²) in [5, 5.41) is 10.4. The van der Waals surface area contributed by atoms with E-state index in [9.17, 15) is 0 Å². The molecule has 76 heavy (non-hydrogen) atoms. The third-order valence-corrected chi connectivity index (χ3v) is 21.4. The van der Waals surface area contributed by atoms with Crippen LogP contribution in [-0.2, 0) is 5.41 Å². The molecule has 0 bridgehead atoms. The van der Waals surface area contributed by atoms with Crippen LogP contribution in [0.15, 0.2) is 303 Å². The maximum atomic E-state index is 2.46. The standard InChI is InChI=1S/C73H50N2Si/c1-6-22-53(23-7-1)73(54-24-8-2-9-25-54)67-35-19-16-32-61(67)64-48-51(38-45-68(64)73)52-39-46-71-65(49-52)62-33-17-21-37-70(62)75(71)56-42-47-72-66(50-56)63-34-18-20-36-69(63)74(72)55-40-43-60(44-41-55)76(57-26-10-3-11-27-57,58-28-12-4-13-29-58)59-30-14-5-15-31-59/h1-50H. The minimum atomic E-state index is -2.68. The van der Waals surface area contributed by atoms with Gasteiger partial charge in [0, 0.05) is 32.9 Å². The first-order chi connectivity index (χ1) is 37.7. The van der Waals surface area contributed by atoms with Gasteiger partial charge in [0.2, 0.25) is 0 Å². The van der Waals surface area contributed by atoms with E-state index in [0.29, 0.717) is 0 Å². The number of fused-ring (bicyclic) bond motifs is 9. The summed E-state index contributed by atoms with van der Waals surface area (Å²) in [4.78, 5) is 0. The van der Waals surface area contributed by atoms with Crippen LogP contribution in [0.4, 0.5) is 0 Å². The first kappa shape index (κ1) is 44.0. The Kier molecular flexibility index (Phi) is 10.2. The molecule has 1 aliphatic rings. The van der Waals surface area contributed by atoms with Crippen molar-refractivity contribution in [1.29, 1.82) is 0 Å². The van der Waals surface area contributed by atoms with Crippen LogP contribution in [-0.4, -0.2) is 17.2 Å². The van der Waals surface area contributed by atoms with Crippen LogP contribution < -0.4 is 20.7 Å². The molecule has 2 aromatic heterocycles. The number of hydrogen-bond acceptors (Lipinski definition) is 0. The van der Waals surface area contributed by atoms with Crippen molar-refractivity contribution < 1.29 is 0 Å². The van der Waals surface area contributed by atoms with Gasteiger partial charge in [-0.3, -0.25) is 0 Å². The normalized spacial score (nSPS) is 12.8. The van der Waals surface area contributed by atoms with E-state index in [0.717, 1.165) is 11.4 Å². The topological polar surface area (TPSA) is 9.86 Å². The lowest BCUT2D eigenvalue weighted by atomic mass is 9.67. The van der Waals surface area contributed by atoms with Crippen molar-refractivity contribution in [2.45, 2.75) is 5.41 Å². The molecule has 0 radical (unpaired) electrons. The lowest BCUT2D eigenvalue weighted by Crippen LogP contribution is -2.74. The zero-order valence-corrected chi connectivity index (χ0v) is 42.8. The third-order valence-electron chi connectivity index (χ3n) is 16.6. The van der Waals surface area contributed by atoms with E-state index in [2.05, 4.69) is 312 Å². The summed E-state index contributed by atoms with van der Waals surface area (Å²) in [5.74, 6) is 0. The number of nitrogens with zero attached hydrogens (tertiary/aromatic N) is 2. The number of benzene rings is 12. The summed E-state index contributed by atoms with van der Waals surface area (Å²) in [6, 6.07) is 113. The molecule has 0 fully saturated rings. The number of para-hydroxylation sites is 2. The molecule has 0 atom stereocenters. The van der Waals surface area contributed by atoms with Gasteiger partial charge in [0.15, 0.2) is 8.07 Å². The average molecular weight is 983 g/mol. The Morgan fingerprint density at radius 3 is 1.22 bits per heavy atom. The molecule has 356 valence electrons. The van der Waals surface area contributed by atoms with Crippen molar-refractivity contribution in [3.8, 4) is 33.6 Å². The number of hydrogen-bond donors (Lipinski definition) is 0. The van der Waals surface area contributed by atoms with Gasteiger partial charge >= 0.3 is 0 Å². The highest BCUT2D eigenvalue weighted by Crippen LogP contribution is 2.56. The average Bonchev–Trinajstić information content (AvgIpc) is 4.26. The maximum absolute atomic E-state index is 2.68. The predicted octanol–water partition coefficient (Wildman–Crippen LogP) is 15.3. The van der Waals surface area contributed by atoms with E-state index in [1.807, 2.05) is 0 Å². The van der Waals surface area contributed by atoms with Crippen LogP contribution in [0.3, 0.4) is 0 Å². The molecule has 15 rings (SSSR count). The van der Waals surface area contributed by atoms with E-state index >= 15 is 0 Å². The lowest BCUT2D eigenvalue weighted by Gasteiger charge is -2.34. The maximum Gasteiger partial charge on any atom is 0.179 e. The van der Waals surface area contributed by atoms with E-state index in [1.54, 1.807) is 0 Å². The minimum Gasteiger partial charge on any atom is -0.309 e. The quantitative estimate of drug-likeness (QED) is 0.101. The van der Waals surface area contributed by atoms with Crippen LogP contribution in [0.2, 0.25) is 0 Å². The fourth-order valence-corrected chi connectivity index (χ4v) is 18.1. The highest BCUT2D eigenvalue weighted by molar-refractivity contribution is 7.19. The first-order valence-corrected chi connectivity index (χ1v) is 28.4. The van der Waals surface area contributed by atoms with Crippen molar-refractivity contribution in [2.24, 2.45) is 0 Å². The van der Waals surface area contributed by atoms with Gasteiger partial charge in [0.1, 0.15) is 0 Å². The summed E-state index contributed by atoms with van der Waals surface area (Å²) in [7, 11) is -2.68. The molecule has 2 nitrogen and oxygen atoms in total. The smallest absolute Gasteiger partial charge is 0.179 e. The van der Waals surface area contributed by atoms with Gasteiger partial charge in [-0.25, -0.2) is 0 Å². The Morgan fingerprint density at radius 1 is 0.250 bits per heavy atom. The molecule has 0 spiro atoms. The Labute approximate surface area is 443 Å². The van der Waals surface area contributed by atoms with Crippen LogP contribution in [0.1, 0.15) is 22.3 Å². The molecule has 2 heterocycles. The second kappa shape index (κ2) is 17.6. The van der Waals surface area contributed by atoms with Gasteiger partial charge in [-0.2, -0.15) is 0 Å². The van der Waals surface area contributed by atoms with Gasteiger partial charge in [0.25, 0.3) is 0 Å². The van der Waals surface area contributed by atoms with E-state index in [4.69, 9.17) is 0 Å². The van der Waals surface area contributed by atoms with Gasteiger partial charge in [-0.05, 0) is 126 Å². The predicted molar refractivity (Wildman–Crippen MR) is 321 cm³/mol. The lowest BCUT2D eigenvalue weighted by molar-refractivity contribution is 0.768. The van der Waals surface area contributed by atoms with Crippen LogP contribution in [0.25, 0.3) is 77.2 Å². The molecule has 3 heteroatoms. The molecule has 0 saturated heterocycles. The minimum absolute atomic E-state index is 0.426. The van der Waals surface area contributed by atoms with E-state index in [1.165, 1.54) is 109 Å². The van der Waals surface area contributed by atoms with Crippen molar-refractivity contribution in [1.82, 2.24) is 9.13 Å². The Morgan fingerprint density at radius 2 is 0.645 bits per heavy atom. The summed E-state index contributed by atoms with van der Waals surface area (Å²) in [5.41, 5.74) is 16.8. The fourth-order valence-electron chi connectivity index (χ4n) is 13.4. The van der Waals surface area contributed by atoms with Crippen LogP contribution in [0.5, 0.6) is 0 Å². The van der Waals surface area contributed by atoms with Crippen LogP contribution in [0, 0.1) is 0 Å². The highest BCUT2D eigenvalue weighted by Gasteiger charge is 2.46. The molecule has 0 aliphatic heterocycles. The van der Waals surface area contributed by atoms with Crippen molar-refractivity contribution in [2.75, 3.05) is 0 Å². The Balaban J connectivity index is 0.852. The van der Waals surface area contributed by atoms with Gasteiger partial charge in [0.05, 0.1) is 27.5 Å². The fraction of sp³-hybridized carbons (Fsp3) is 0.0137. The highest BCUT2D eigenvalue weighted by atomic mass is 28.3. The summed E-state index contributed by atoms with van der Waals surface area (Å²) in [6.45, 7) is 0. The Hall–Kier alpha value is -9.54. The van der Waals surface area contributed by atoms with Crippen molar-refractivity contribution in [3.63, 3.8) is 0 Å². The molecule has 12 aromatic carbocycles. The summed E-state index contributed by atoms with van der Waals surface area (Å²) >= 11 is 0. The monoisotopic (exact) mass is 982 g/mol. The molecular weight excluding hydrogens is 933 g/mol. The first-order valence-electron chi connectivity index (χ1n) is 26.4. The zero-order chi connectivity index (χ0) is 50.2. The zero-order valence-electron chi connectivity index (χ0n) is 41.8. The number of rotatable bonds is 9. The largest absolute Gasteiger partial charge is 0.309 e. The number of aromatic nitrogens is 2. The Bertz CT molecular complexity index is 4350. The van der Waals surface area contributed by atoms with E-state index in [-0.39, 0.29) is 0 Å². The van der Waals surface area contributed by atoms with Crippen molar-refractivity contribution >= 4 is 72.4 Å². The molecule has 1 aliphatic carbocycles. The summed E-state index contributed by atoms with van der Waals surface area (Å²) < 4.78 is 4.91. The van der Waals surface area contributed by atoms with Gasteiger partial charge in [-0.15, -0.1) is 0 Å². The molecule has 14 aromatic rings. The van der Waals surface area contributed by atoms with Gasteiger partial charge in [-0.1, -0.05) is 243 Å². The summed E-state index contributed by atoms with van der Waals surface area (Å²) in [6.07, 6.45) is 0. The van der Waals surface area contributed by atoms with Crippen molar-refractivity contribution in [3.05, 3.63) is 326 Å². The molecule has 0 saturated carbocycles. The second-order valence-corrected chi connectivity index (χ2v) is 24.1. The van der Waals surface area contributed by atoms with E-state index < -0.39 is 13.5 Å². The molecule has 0 amide bonds. The second-order valence-electron chi connectivity index (χ2n) is 20.3. The molecule has 0 N–H and O–H groups in total. The molecular formula is C73H50N2Si. The SMILES string of the molecule is c1ccc(C2(c3ccccc3)c3ccccc3-c3cc(-c4ccc5c(c4)c4ccccc4n5-c4ccc5c(c4)c4ccccc4n5-c4ccc([Si](c5ccccc5)(c5ccccc5)c5ccccc5)cc4)ccc32)cc1. The van der Waals surface area contributed by atoms with Crippen LogP contribution >= 0.6 is 0 Å². The third kappa shape index (κ3) is 6.46. The van der Waals surface area contributed by atoms with Gasteiger partial charge < -0.3 is 9.13 Å².